The largest absolute Gasteiger partial charge is 0.393 e. The van der Waals surface area contributed by atoms with Crippen LogP contribution >= 0.6 is 0 Å². The summed E-state index contributed by atoms with van der Waals surface area (Å²) in [7, 11) is 0. The van der Waals surface area contributed by atoms with E-state index in [1.165, 1.54) is 6.92 Å². The minimum atomic E-state index is -1.31. The van der Waals surface area contributed by atoms with Gasteiger partial charge in [-0.2, -0.15) is 0 Å². The molecule has 0 radical (unpaired) electrons. The number of hydrogen-bond acceptors (Lipinski definition) is 5. The number of carbonyl (C=O) groups excluding carboxylic acids is 1. The van der Waals surface area contributed by atoms with Crippen molar-refractivity contribution in [1.82, 2.24) is 0 Å². The first-order valence-corrected chi connectivity index (χ1v) is 10.3. The fourth-order valence-electron chi connectivity index (χ4n) is 7.84. The average Bonchev–Trinajstić information content (AvgIpc) is 2.87. The first kappa shape index (κ1) is 18.9. The molecule has 4 rings (SSSR count). The maximum Gasteiger partial charge on any atom is 0.161 e. The van der Waals surface area contributed by atoms with Crippen LogP contribution in [-0.4, -0.2) is 50.1 Å². The molecule has 0 bridgehead atoms. The van der Waals surface area contributed by atoms with Crippen molar-refractivity contribution in [3.8, 4) is 0 Å². The predicted molar refractivity (Wildman–Crippen MR) is 96.1 cm³/mol. The molecule has 0 aromatic carbocycles. The molecule has 4 fully saturated rings. The number of aliphatic hydroxyl groups excluding tert-OH is 3. The van der Waals surface area contributed by atoms with E-state index in [0.717, 1.165) is 32.1 Å². The van der Waals surface area contributed by atoms with Gasteiger partial charge in [0.1, 0.15) is 5.60 Å². The predicted octanol–water partition coefficient (Wildman–Crippen LogP) is 1.65. The molecule has 0 spiro atoms. The molecule has 0 heterocycles. The van der Waals surface area contributed by atoms with Crippen LogP contribution in [-0.2, 0) is 4.79 Å². The number of Topliss-reactive ketones (excluding diaryl/α,β-unsaturated/α-hetero) is 1. The number of ketones is 1. The minimum absolute atomic E-state index is 0.0458. The lowest BCUT2D eigenvalue weighted by molar-refractivity contribution is -0.230. The van der Waals surface area contributed by atoms with Crippen molar-refractivity contribution < 1.29 is 25.2 Å². The molecular weight excluding hydrogens is 332 g/mol. The Morgan fingerprint density at radius 3 is 2.19 bits per heavy atom. The van der Waals surface area contributed by atoms with Crippen LogP contribution in [0.3, 0.4) is 0 Å². The van der Waals surface area contributed by atoms with Crippen molar-refractivity contribution in [2.24, 2.45) is 34.5 Å². The summed E-state index contributed by atoms with van der Waals surface area (Å²) in [6, 6.07) is 0. The molecule has 4 N–H and O–H groups in total. The molecule has 0 unspecified atom stereocenters. The van der Waals surface area contributed by atoms with Gasteiger partial charge in [-0.1, -0.05) is 13.8 Å². The molecule has 5 heteroatoms. The zero-order chi connectivity index (χ0) is 19.1. The number of carbonyl (C=O) groups is 1. The van der Waals surface area contributed by atoms with Crippen molar-refractivity contribution in [2.45, 2.75) is 89.6 Å². The maximum absolute atomic E-state index is 12.3. The zero-order valence-electron chi connectivity index (χ0n) is 16.2. The molecule has 0 aromatic rings. The summed E-state index contributed by atoms with van der Waals surface area (Å²) in [5.74, 6) is -0.0274. The summed E-state index contributed by atoms with van der Waals surface area (Å²) in [5, 5.41) is 43.3. The highest BCUT2D eigenvalue weighted by Crippen LogP contribution is 2.68. The number of rotatable bonds is 1. The van der Waals surface area contributed by atoms with Crippen LogP contribution in [0.4, 0.5) is 0 Å². The smallest absolute Gasteiger partial charge is 0.161 e. The van der Waals surface area contributed by atoms with Crippen LogP contribution in [0.25, 0.3) is 0 Å². The van der Waals surface area contributed by atoms with E-state index in [-0.39, 0.29) is 34.9 Å². The Kier molecular flexibility index (Phi) is 4.17. The summed E-state index contributed by atoms with van der Waals surface area (Å²) in [5.41, 5.74) is -1.94. The van der Waals surface area contributed by atoms with Gasteiger partial charge in [0, 0.05) is 5.41 Å². The molecule has 0 aromatic heterocycles. The quantitative estimate of drug-likeness (QED) is 0.566. The zero-order valence-corrected chi connectivity index (χ0v) is 16.2. The van der Waals surface area contributed by atoms with Crippen molar-refractivity contribution in [3.05, 3.63) is 0 Å². The van der Waals surface area contributed by atoms with Gasteiger partial charge >= 0.3 is 0 Å². The second-order valence-corrected chi connectivity index (χ2v) is 10.2. The highest BCUT2D eigenvalue weighted by Gasteiger charge is 2.69. The fourth-order valence-corrected chi connectivity index (χ4v) is 7.84. The Labute approximate surface area is 155 Å². The molecule has 10 atom stereocenters. The lowest BCUT2D eigenvalue weighted by atomic mass is 9.43. The van der Waals surface area contributed by atoms with E-state index in [9.17, 15) is 25.2 Å². The van der Waals surface area contributed by atoms with Crippen LogP contribution in [0.5, 0.6) is 0 Å². The molecule has 0 amide bonds. The van der Waals surface area contributed by atoms with E-state index in [1.807, 2.05) is 6.92 Å². The van der Waals surface area contributed by atoms with Crippen molar-refractivity contribution in [1.29, 1.82) is 0 Å². The van der Waals surface area contributed by atoms with Crippen molar-refractivity contribution >= 4 is 5.78 Å². The Morgan fingerprint density at radius 1 is 0.885 bits per heavy atom. The van der Waals surface area contributed by atoms with Crippen molar-refractivity contribution in [2.75, 3.05) is 0 Å². The van der Waals surface area contributed by atoms with Crippen LogP contribution in [0.2, 0.25) is 0 Å². The molecule has 148 valence electrons. The van der Waals surface area contributed by atoms with Gasteiger partial charge in [0.05, 0.1) is 18.3 Å². The summed E-state index contributed by atoms with van der Waals surface area (Å²) >= 11 is 0. The lowest BCUT2D eigenvalue weighted by Gasteiger charge is -2.63. The Bertz CT molecular complexity index is 607. The normalized spacial score (nSPS) is 59.3. The lowest BCUT2D eigenvalue weighted by Crippen LogP contribution is -2.65. The van der Waals surface area contributed by atoms with E-state index in [4.69, 9.17) is 0 Å². The monoisotopic (exact) mass is 366 g/mol. The van der Waals surface area contributed by atoms with Gasteiger partial charge in [0.25, 0.3) is 0 Å². The Balaban J connectivity index is 1.73. The second kappa shape index (κ2) is 5.76. The van der Waals surface area contributed by atoms with E-state index < -0.39 is 29.3 Å². The summed E-state index contributed by atoms with van der Waals surface area (Å²) in [6.07, 6.45) is 2.90. The number of aliphatic hydroxyl groups is 4. The van der Waals surface area contributed by atoms with Gasteiger partial charge in [-0.05, 0) is 81.0 Å². The molecule has 0 aliphatic heterocycles. The Morgan fingerprint density at radius 2 is 1.54 bits per heavy atom. The van der Waals surface area contributed by atoms with E-state index in [0.29, 0.717) is 12.8 Å². The highest BCUT2D eigenvalue weighted by molar-refractivity contribution is 5.86. The van der Waals surface area contributed by atoms with E-state index in [2.05, 4.69) is 6.92 Å². The summed E-state index contributed by atoms with van der Waals surface area (Å²) in [6.45, 7) is 5.72. The summed E-state index contributed by atoms with van der Waals surface area (Å²) < 4.78 is 0. The van der Waals surface area contributed by atoms with Gasteiger partial charge in [0.15, 0.2) is 5.78 Å². The first-order valence-electron chi connectivity index (χ1n) is 10.3. The standard InChI is InChI=1S/C21H34O5/c1-11(22)21(26)9-6-14-16-13(5-8-20(14,21)3)19(2)7-4-12(23)10-15(19)17(24)18(16)25/h12-18,23-26H,4-10H2,1-3H3/t12-,13-,14-,15+,16+,17+,18-,19+,20-,21-/m0/s1. The third kappa shape index (κ3) is 2.15. The SMILES string of the molecule is CC(=O)[C@@]1(O)CC[C@H]2[C@@H]3[C@H](O)[C@H](O)[C@H]4C[C@@H](O)CC[C@]4(C)[C@H]3CC[C@@]21C. The highest BCUT2D eigenvalue weighted by atomic mass is 16.3. The number of hydrogen-bond donors (Lipinski definition) is 4. The average molecular weight is 366 g/mol. The van der Waals surface area contributed by atoms with Gasteiger partial charge in [0.2, 0.25) is 0 Å². The molecule has 4 aliphatic rings. The third-order valence-corrected chi connectivity index (χ3v) is 9.46. The van der Waals surface area contributed by atoms with Crippen LogP contribution < -0.4 is 0 Å². The maximum atomic E-state index is 12.3. The van der Waals surface area contributed by atoms with Gasteiger partial charge in [-0.25, -0.2) is 0 Å². The van der Waals surface area contributed by atoms with Gasteiger partial charge < -0.3 is 20.4 Å². The fraction of sp³-hybridized carbons (Fsp3) is 0.952. The van der Waals surface area contributed by atoms with Crippen LogP contribution in [0.1, 0.15) is 65.7 Å². The van der Waals surface area contributed by atoms with Gasteiger partial charge in [-0.3, -0.25) is 4.79 Å². The molecule has 4 saturated carbocycles. The van der Waals surface area contributed by atoms with Gasteiger partial charge in [-0.15, -0.1) is 0 Å². The first-order chi connectivity index (χ1) is 12.1. The van der Waals surface area contributed by atoms with Crippen LogP contribution in [0.15, 0.2) is 0 Å². The molecule has 0 saturated heterocycles. The van der Waals surface area contributed by atoms with Crippen molar-refractivity contribution in [3.63, 3.8) is 0 Å². The molecule has 26 heavy (non-hydrogen) atoms. The molecule has 5 nitrogen and oxygen atoms in total. The van der Waals surface area contributed by atoms with E-state index >= 15 is 0 Å². The number of fused-ring (bicyclic) bond motifs is 5. The minimum Gasteiger partial charge on any atom is -0.393 e. The molecular formula is C21H34O5. The summed E-state index contributed by atoms with van der Waals surface area (Å²) in [4.78, 5) is 12.3. The Hall–Kier alpha value is -0.490. The topological polar surface area (TPSA) is 98.0 Å². The van der Waals surface area contributed by atoms with E-state index in [1.54, 1.807) is 0 Å². The second-order valence-electron chi connectivity index (χ2n) is 10.2. The van der Waals surface area contributed by atoms with Crippen LogP contribution in [0, 0.1) is 34.5 Å². The third-order valence-electron chi connectivity index (χ3n) is 9.46. The molecule has 4 aliphatic carbocycles.